The van der Waals surface area contributed by atoms with Crippen LogP contribution in [0.15, 0.2) is 218 Å². The summed E-state index contributed by atoms with van der Waals surface area (Å²) in [5.74, 6) is 9.89. The largest absolute Gasteiger partial charge is 0.457 e. The van der Waals surface area contributed by atoms with Gasteiger partial charge in [-0.25, -0.2) is 0 Å². The van der Waals surface area contributed by atoms with E-state index >= 15 is 0 Å². The molecule has 0 atom stereocenters. The summed E-state index contributed by atoms with van der Waals surface area (Å²) in [5, 5.41) is 0. The first-order chi connectivity index (χ1) is 62.8. The zero-order valence-corrected chi connectivity index (χ0v) is 73.9. The van der Waals surface area contributed by atoms with Gasteiger partial charge in [-0.2, -0.15) is 0 Å². The summed E-state index contributed by atoms with van der Waals surface area (Å²) in [7, 11) is 0. The van der Waals surface area contributed by atoms with Gasteiger partial charge in [0.2, 0.25) is 0 Å². The number of hydrogen-bond donors (Lipinski definition) is 0. The quantitative estimate of drug-likeness (QED) is 0.0561. The maximum Gasteiger partial charge on any atom is 0.267 e. The lowest BCUT2D eigenvalue weighted by Gasteiger charge is -2.38. The SMILES string of the molecule is CCN(CC)CCCC1c2cc3c4cc2OC2Oc5cc6c(cc51)C(CCCN(CC)CC)c1cc5c7cc1OC(O6)c1cc6cc(c1)Oc1cccc(c1)Oc1cc8cc(c1)C(Oc1cc(c(cc1C5CCCN(CC)CC)C3CCCN(CC)CC)OC(O4)c1cc(cc(c1)Oc1cccc(c1)O8)Oc1cccc(c1)Oc1cc(cc2c1)Oc1cccc(c1)O6)O7. The van der Waals surface area contributed by atoms with Crippen LogP contribution >= 0.6 is 0 Å². The van der Waals surface area contributed by atoms with Crippen molar-refractivity contribution in [1.82, 2.24) is 19.6 Å². The molecular formula is C108H108N4O16. The number of rotatable bonds is 24. The average Bonchev–Trinajstić information content (AvgIpc) is 0.725. The van der Waals surface area contributed by atoms with Gasteiger partial charge in [-0.15, -0.1) is 0 Å². The molecule has 0 saturated carbocycles. The molecule has 1 aliphatic carbocycles. The molecule has 8 heterocycles. The van der Waals surface area contributed by atoms with Gasteiger partial charge < -0.3 is 95.4 Å². The van der Waals surface area contributed by atoms with E-state index in [0.717, 1.165) is 149 Å². The Hall–Kier alpha value is -12.7. The van der Waals surface area contributed by atoms with Crippen LogP contribution in [0, 0.1) is 0 Å². The van der Waals surface area contributed by atoms with Gasteiger partial charge in [-0.05, 0) is 251 Å². The van der Waals surface area contributed by atoms with Gasteiger partial charge in [0.15, 0.2) is 0 Å². The number of fused-ring (bicyclic) bond motifs is 16. The van der Waals surface area contributed by atoms with Crippen molar-refractivity contribution in [3.63, 3.8) is 0 Å². The van der Waals surface area contributed by atoms with Gasteiger partial charge >= 0.3 is 0 Å². The summed E-state index contributed by atoms with van der Waals surface area (Å²) in [6.07, 6.45) is 1.06. The number of nitrogens with zero attached hydrogens (tertiary/aromatic N) is 4. The van der Waals surface area contributed by atoms with Gasteiger partial charge in [0.05, 0.1) is 0 Å². The minimum atomic E-state index is -1.23. The van der Waals surface area contributed by atoms with Crippen molar-refractivity contribution in [3.05, 3.63) is 285 Å². The molecule has 0 fully saturated rings. The van der Waals surface area contributed by atoms with Crippen molar-refractivity contribution in [2.75, 3.05) is 78.5 Å². The van der Waals surface area contributed by atoms with Gasteiger partial charge in [0.1, 0.15) is 138 Å². The highest BCUT2D eigenvalue weighted by atomic mass is 16.7. The molecule has 40 bridgehead atoms. The first-order valence-electron chi connectivity index (χ1n) is 46.2. The molecule has 656 valence electrons. The third kappa shape index (κ3) is 16.8. The molecule has 0 saturated heterocycles. The van der Waals surface area contributed by atoms with E-state index in [1.807, 2.05) is 170 Å². The van der Waals surface area contributed by atoms with Gasteiger partial charge in [0.25, 0.3) is 25.2 Å². The van der Waals surface area contributed by atoms with Crippen LogP contribution in [0.2, 0.25) is 0 Å². The highest BCUT2D eigenvalue weighted by Gasteiger charge is 2.43. The van der Waals surface area contributed by atoms with E-state index in [1.165, 1.54) is 0 Å². The number of ether oxygens (including phenoxy) is 16. The number of hydrogen-bond acceptors (Lipinski definition) is 20. The fourth-order valence-corrected chi connectivity index (χ4v) is 20.0. The monoisotopic (exact) mass is 1720 g/mol. The van der Waals surface area contributed by atoms with Crippen LogP contribution in [0.1, 0.15) is 222 Å². The topological polar surface area (TPSA) is 161 Å². The van der Waals surface area contributed by atoms with E-state index in [2.05, 4.69) is 124 Å². The van der Waals surface area contributed by atoms with Crippen LogP contribution in [0.5, 0.6) is 138 Å². The van der Waals surface area contributed by atoms with Crippen molar-refractivity contribution in [1.29, 1.82) is 0 Å². The summed E-state index contributed by atoms with van der Waals surface area (Å²) in [6, 6.07) is 71.7. The van der Waals surface area contributed by atoms with Crippen LogP contribution < -0.4 is 75.8 Å². The normalized spacial score (nSPS) is 19.0. The first kappa shape index (κ1) is 82.3. The second-order valence-electron chi connectivity index (χ2n) is 34.5. The average molecular weight is 1720 g/mol. The van der Waals surface area contributed by atoms with E-state index in [1.54, 1.807) is 0 Å². The molecule has 128 heavy (non-hydrogen) atoms. The molecule has 20 nitrogen and oxygen atoms in total. The van der Waals surface area contributed by atoms with E-state index in [0.29, 0.717) is 186 Å². The van der Waals surface area contributed by atoms with Crippen molar-refractivity contribution < 1.29 is 75.8 Å². The molecule has 0 radical (unpaired) electrons. The molecule has 12 aromatic carbocycles. The second-order valence-corrected chi connectivity index (χ2v) is 34.5. The van der Waals surface area contributed by atoms with Crippen molar-refractivity contribution >= 4 is 0 Å². The Balaban J connectivity index is 0.951. The molecule has 0 aromatic heterocycles. The van der Waals surface area contributed by atoms with E-state index in [-0.39, 0.29) is 0 Å². The van der Waals surface area contributed by atoms with Gasteiger partial charge in [-0.1, -0.05) is 79.7 Å². The lowest BCUT2D eigenvalue weighted by Crippen LogP contribution is -2.27. The van der Waals surface area contributed by atoms with Crippen molar-refractivity contribution in [2.24, 2.45) is 0 Å². The molecule has 9 aliphatic rings. The van der Waals surface area contributed by atoms with Crippen LogP contribution in [0.25, 0.3) is 0 Å². The predicted octanol–water partition coefficient (Wildman–Crippen LogP) is 26.5. The minimum Gasteiger partial charge on any atom is -0.457 e. The van der Waals surface area contributed by atoms with Crippen LogP contribution in [0.3, 0.4) is 0 Å². The van der Waals surface area contributed by atoms with Crippen LogP contribution in [-0.2, 0) is 0 Å². The fourth-order valence-electron chi connectivity index (χ4n) is 20.0. The third-order valence-corrected chi connectivity index (χ3v) is 26.7. The Morgan fingerprint density at radius 2 is 0.344 bits per heavy atom. The molecule has 8 aliphatic heterocycles. The smallest absolute Gasteiger partial charge is 0.267 e. The molecule has 0 spiro atoms. The van der Waals surface area contributed by atoms with E-state index in [4.69, 9.17) is 75.8 Å². The van der Waals surface area contributed by atoms with Gasteiger partial charge in [-0.3, -0.25) is 0 Å². The molecular weight excluding hydrogens is 1610 g/mol. The van der Waals surface area contributed by atoms with E-state index in [9.17, 15) is 0 Å². The Bertz CT molecular complexity index is 5140. The molecule has 0 N–H and O–H groups in total. The Morgan fingerprint density at radius 1 is 0.188 bits per heavy atom. The summed E-state index contributed by atoms with van der Waals surface area (Å²) in [6.45, 7) is 28.5. The third-order valence-electron chi connectivity index (χ3n) is 26.7. The maximum atomic E-state index is 8.03. The summed E-state index contributed by atoms with van der Waals surface area (Å²) >= 11 is 0. The van der Waals surface area contributed by atoms with Gasteiger partial charge in [0, 0.05) is 163 Å². The maximum absolute atomic E-state index is 8.03. The fraction of sp³-hybridized carbons (Fsp3) is 0.333. The standard InChI is InChI=1S/C108H108N4O16/c1-9-109(10-2)37-21-33-85-89-57-91-86(34-22-38-110(11-3)12-4)93-59-95-88(36-24-40-112(15-7)16-8)96-60-94-87(35-23-39-111(13-5)14-6)92-58-90(85)98-62-100(92)124-107-67-44-80-55-82(46-67)118-74-30-20-32-76(52-74)120-84-48-68-47-83(56-84)119-75-31-19-29-73(51-75)117-81-45-66-43-79(54-81)115-71-27-17-25-69(49-71)113-77-41-65(42-78(53-77)114-70-26-18-28-72(50-70)116-80)105(122-98)121-97(89)61-99(91)123-106(66)125-101(93)63-103(95)127-108(68)128-104(96)64-102(94)126-107/h17-20,25-32,41-64,85-88,105-108H,9-16,21-24,33-40H2,1-8H3. The zero-order chi connectivity index (χ0) is 86.6. The molecule has 20 heteroatoms. The van der Waals surface area contributed by atoms with Crippen molar-refractivity contribution in [3.8, 4) is 138 Å². The molecule has 0 unspecified atom stereocenters. The Morgan fingerprint density at radius 3 is 0.500 bits per heavy atom. The Labute approximate surface area is 748 Å². The predicted molar refractivity (Wildman–Crippen MR) is 489 cm³/mol. The number of benzene rings is 12. The first-order valence-corrected chi connectivity index (χ1v) is 46.2. The highest BCUT2D eigenvalue weighted by Crippen LogP contribution is 2.60. The van der Waals surface area contributed by atoms with Crippen molar-refractivity contribution in [2.45, 2.75) is 156 Å². The van der Waals surface area contributed by atoms with Crippen LogP contribution in [-0.4, -0.2) is 98.1 Å². The lowest BCUT2D eigenvalue weighted by molar-refractivity contribution is -0.0123. The van der Waals surface area contributed by atoms with E-state index < -0.39 is 48.8 Å². The minimum absolute atomic E-state index is 0.395. The lowest BCUT2D eigenvalue weighted by atomic mass is 9.76. The molecule has 0 amide bonds. The summed E-state index contributed by atoms with van der Waals surface area (Å²) in [4.78, 5) is 10.1. The summed E-state index contributed by atoms with van der Waals surface area (Å²) < 4.78 is 121. The Kier molecular flexibility index (Phi) is 22.8. The second kappa shape index (κ2) is 35.5. The highest BCUT2D eigenvalue weighted by molar-refractivity contribution is 5.67. The van der Waals surface area contributed by atoms with Crippen LogP contribution in [0.4, 0.5) is 0 Å². The zero-order valence-electron chi connectivity index (χ0n) is 73.9. The molecule has 21 rings (SSSR count). The molecule has 12 aromatic rings. The summed E-state index contributed by atoms with van der Waals surface area (Å²) in [5.41, 5.74) is 10.00.